The molecule has 2 rings (SSSR count). The number of hydrogen-bond acceptors (Lipinski definition) is 4. The predicted octanol–water partition coefficient (Wildman–Crippen LogP) is 1.64. The largest absolute Gasteiger partial charge is 0.496 e. The number of benzene rings is 1. The van der Waals surface area contributed by atoms with Crippen molar-refractivity contribution in [2.45, 2.75) is 13.0 Å². The molecule has 1 aromatic carbocycles. The van der Waals surface area contributed by atoms with Crippen LogP contribution < -0.4 is 4.74 Å². The fraction of sp³-hybridized carbons (Fsp3) is 0.333. The maximum atomic E-state index is 11.9. The summed E-state index contributed by atoms with van der Waals surface area (Å²) in [6.07, 6.45) is 0.977. The number of aliphatic hydroxyl groups excluding tert-OH is 1. The van der Waals surface area contributed by atoms with E-state index in [1.54, 1.807) is 51.1 Å². The zero-order valence-corrected chi connectivity index (χ0v) is 12.6. The first-order valence-corrected chi connectivity index (χ1v) is 6.58. The van der Waals surface area contributed by atoms with E-state index in [2.05, 4.69) is 5.10 Å². The normalized spacial score (nSPS) is 12.0. The molecule has 1 atom stereocenters. The smallest absolute Gasteiger partial charge is 0.273 e. The summed E-state index contributed by atoms with van der Waals surface area (Å²) < 4.78 is 6.86. The van der Waals surface area contributed by atoms with Gasteiger partial charge in [-0.25, -0.2) is 4.68 Å². The molecular weight excluding hydrogens is 270 g/mol. The Morgan fingerprint density at radius 3 is 2.67 bits per heavy atom. The number of methoxy groups -OCH3 is 1. The lowest BCUT2D eigenvalue weighted by Gasteiger charge is -2.16. The van der Waals surface area contributed by atoms with E-state index < -0.39 is 6.10 Å². The van der Waals surface area contributed by atoms with Crippen molar-refractivity contribution < 1.29 is 14.6 Å². The van der Waals surface area contributed by atoms with Gasteiger partial charge < -0.3 is 14.7 Å². The molecule has 1 N–H and O–H groups in total. The number of nitrogens with zero attached hydrogens (tertiary/aromatic N) is 3. The molecule has 0 aliphatic carbocycles. The number of rotatable bonds is 4. The summed E-state index contributed by atoms with van der Waals surface area (Å²) in [5, 5.41) is 14.3. The molecule has 1 unspecified atom stereocenters. The van der Waals surface area contributed by atoms with Crippen molar-refractivity contribution in [3.05, 3.63) is 41.7 Å². The molecule has 21 heavy (non-hydrogen) atoms. The fourth-order valence-electron chi connectivity index (χ4n) is 2.13. The van der Waals surface area contributed by atoms with Crippen LogP contribution in [0.1, 0.15) is 29.1 Å². The number of ether oxygens (including phenoxy) is 1. The lowest BCUT2D eigenvalue weighted by molar-refractivity contribution is 0.0821. The minimum Gasteiger partial charge on any atom is -0.496 e. The average molecular weight is 289 g/mol. The molecule has 6 nitrogen and oxygen atoms in total. The molecule has 1 aromatic heterocycles. The Hall–Kier alpha value is -2.34. The standard InChI is InChI=1S/C15H19N3O3/c1-10(19)14-12(6-5-7-13(14)21-4)18-9-8-11(16-18)15(20)17(2)3/h5-10,19H,1-4H3. The minimum absolute atomic E-state index is 0.171. The molecule has 1 heterocycles. The Bertz CT molecular complexity index is 647. The molecular formula is C15H19N3O3. The highest BCUT2D eigenvalue weighted by Crippen LogP contribution is 2.30. The lowest BCUT2D eigenvalue weighted by atomic mass is 10.1. The Balaban J connectivity index is 2.50. The Morgan fingerprint density at radius 2 is 2.10 bits per heavy atom. The van der Waals surface area contributed by atoms with E-state index in [-0.39, 0.29) is 5.91 Å². The molecule has 0 fully saturated rings. The van der Waals surface area contributed by atoms with Crippen molar-refractivity contribution in [1.82, 2.24) is 14.7 Å². The first-order valence-electron chi connectivity index (χ1n) is 6.58. The molecule has 0 saturated heterocycles. The molecule has 0 radical (unpaired) electrons. The summed E-state index contributed by atoms with van der Waals surface area (Å²) >= 11 is 0. The summed E-state index contributed by atoms with van der Waals surface area (Å²) in [6, 6.07) is 7.06. The molecule has 0 bridgehead atoms. The van der Waals surface area contributed by atoms with Crippen LogP contribution in [0.25, 0.3) is 5.69 Å². The Morgan fingerprint density at radius 1 is 1.38 bits per heavy atom. The van der Waals surface area contributed by atoms with Crippen molar-refractivity contribution >= 4 is 5.91 Å². The third-order valence-corrected chi connectivity index (χ3v) is 3.14. The van der Waals surface area contributed by atoms with E-state index in [9.17, 15) is 9.90 Å². The van der Waals surface area contributed by atoms with Crippen LogP contribution in [0, 0.1) is 0 Å². The van der Waals surface area contributed by atoms with Crippen molar-refractivity contribution in [3.8, 4) is 11.4 Å². The quantitative estimate of drug-likeness (QED) is 0.929. The van der Waals surface area contributed by atoms with Gasteiger partial charge in [-0.05, 0) is 25.1 Å². The van der Waals surface area contributed by atoms with Crippen molar-refractivity contribution in [2.75, 3.05) is 21.2 Å². The maximum Gasteiger partial charge on any atom is 0.273 e. The molecule has 0 saturated carbocycles. The zero-order valence-electron chi connectivity index (χ0n) is 12.6. The molecule has 112 valence electrons. The molecule has 0 aliphatic heterocycles. The van der Waals surface area contributed by atoms with E-state index in [1.165, 1.54) is 4.90 Å². The van der Waals surface area contributed by atoms with Gasteiger partial charge in [-0.2, -0.15) is 5.10 Å². The molecule has 6 heteroatoms. The van der Waals surface area contributed by atoms with E-state index >= 15 is 0 Å². The number of aromatic nitrogens is 2. The summed E-state index contributed by atoms with van der Waals surface area (Å²) in [7, 11) is 4.90. The van der Waals surface area contributed by atoms with Crippen LogP contribution in [0.4, 0.5) is 0 Å². The summed E-state index contributed by atoms with van der Waals surface area (Å²) in [5.74, 6) is 0.411. The van der Waals surface area contributed by atoms with E-state index in [0.29, 0.717) is 22.7 Å². The summed E-state index contributed by atoms with van der Waals surface area (Å²) in [6.45, 7) is 1.66. The van der Waals surface area contributed by atoms with Gasteiger partial charge in [0.15, 0.2) is 5.69 Å². The van der Waals surface area contributed by atoms with E-state index in [0.717, 1.165) is 0 Å². The SMILES string of the molecule is COc1cccc(-n2ccc(C(=O)N(C)C)n2)c1C(C)O. The zero-order chi connectivity index (χ0) is 15.6. The van der Waals surface area contributed by atoms with E-state index in [4.69, 9.17) is 4.74 Å². The molecule has 1 amide bonds. The highest BCUT2D eigenvalue weighted by Gasteiger charge is 2.18. The third kappa shape index (κ3) is 2.90. The number of carbonyl (C=O) groups excluding carboxylic acids is 1. The number of aliphatic hydroxyl groups is 1. The monoisotopic (exact) mass is 289 g/mol. The van der Waals surface area contributed by atoms with Crippen molar-refractivity contribution in [2.24, 2.45) is 0 Å². The topological polar surface area (TPSA) is 67.6 Å². The maximum absolute atomic E-state index is 11.9. The average Bonchev–Trinajstić information content (AvgIpc) is 2.94. The van der Waals surface area contributed by atoms with Gasteiger partial charge >= 0.3 is 0 Å². The molecule has 0 aliphatic rings. The first-order chi connectivity index (χ1) is 9.95. The van der Waals surface area contributed by atoms with Gasteiger partial charge in [-0.1, -0.05) is 6.07 Å². The number of amides is 1. The van der Waals surface area contributed by atoms with Gasteiger partial charge in [0.1, 0.15) is 5.75 Å². The third-order valence-electron chi connectivity index (χ3n) is 3.14. The van der Waals surface area contributed by atoms with Crippen LogP contribution in [0.5, 0.6) is 5.75 Å². The minimum atomic E-state index is -0.714. The van der Waals surface area contributed by atoms with Gasteiger partial charge in [0.25, 0.3) is 5.91 Å². The van der Waals surface area contributed by atoms with Gasteiger partial charge in [0.2, 0.25) is 0 Å². The predicted molar refractivity (Wildman–Crippen MR) is 78.8 cm³/mol. The van der Waals surface area contributed by atoms with Crippen LogP contribution in [0.15, 0.2) is 30.5 Å². The lowest BCUT2D eigenvalue weighted by Crippen LogP contribution is -2.22. The second kappa shape index (κ2) is 5.97. The van der Waals surface area contributed by atoms with Gasteiger partial charge in [-0.15, -0.1) is 0 Å². The van der Waals surface area contributed by atoms with Crippen molar-refractivity contribution in [1.29, 1.82) is 0 Å². The molecule has 0 spiro atoms. The Labute approximate surface area is 123 Å². The van der Waals surface area contributed by atoms with Crippen molar-refractivity contribution in [3.63, 3.8) is 0 Å². The van der Waals surface area contributed by atoms with E-state index in [1.807, 2.05) is 12.1 Å². The molecule has 2 aromatic rings. The summed E-state index contributed by atoms with van der Waals surface area (Å²) in [4.78, 5) is 13.4. The second-order valence-corrected chi connectivity index (χ2v) is 4.91. The van der Waals surface area contributed by atoms with Crippen LogP contribution in [-0.4, -0.2) is 46.9 Å². The highest BCUT2D eigenvalue weighted by atomic mass is 16.5. The Kier molecular flexibility index (Phi) is 4.28. The number of hydrogen-bond donors (Lipinski definition) is 1. The van der Waals surface area contributed by atoms with Gasteiger partial charge in [0, 0.05) is 25.9 Å². The van der Waals surface area contributed by atoms with Crippen LogP contribution in [0.3, 0.4) is 0 Å². The fourth-order valence-corrected chi connectivity index (χ4v) is 2.13. The number of carbonyl (C=O) groups is 1. The summed E-state index contributed by atoms with van der Waals surface area (Å²) in [5.41, 5.74) is 1.66. The van der Waals surface area contributed by atoms with Crippen LogP contribution in [-0.2, 0) is 0 Å². The highest BCUT2D eigenvalue weighted by molar-refractivity contribution is 5.91. The van der Waals surface area contributed by atoms with Gasteiger partial charge in [0.05, 0.1) is 18.9 Å². The van der Waals surface area contributed by atoms with Crippen LogP contribution >= 0.6 is 0 Å². The first kappa shape index (κ1) is 15.1. The van der Waals surface area contributed by atoms with Gasteiger partial charge in [-0.3, -0.25) is 4.79 Å². The second-order valence-electron chi connectivity index (χ2n) is 4.91. The van der Waals surface area contributed by atoms with Crippen LogP contribution in [0.2, 0.25) is 0 Å².